The first-order valence-corrected chi connectivity index (χ1v) is 16.3. The Morgan fingerprint density at radius 2 is 1.32 bits per heavy atom. The van der Waals surface area contributed by atoms with Crippen molar-refractivity contribution in [2.24, 2.45) is 0 Å². The molecule has 44 heavy (non-hydrogen) atoms. The Morgan fingerprint density at radius 1 is 0.727 bits per heavy atom. The molecule has 0 amide bonds. The van der Waals surface area contributed by atoms with E-state index in [1.165, 1.54) is 25.7 Å². The zero-order valence-electron chi connectivity index (χ0n) is 26.7. The summed E-state index contributed by atoms with van der Waals surface area (Å²) in [6, 6.07) is 16.5. The second kappa shape index (κ2) is 19.9. The number of carbonyl (C=O) groups excluding carboxylic acids is 2. The SMILES string of the molecule is CCOC(=O)c1ccc(OC(=O)C2(OCCCCCCCCCCC(OCC)OCC)C=CC(c3ccccc3)C=C2)cc1. The lowest BCUT2D eigenvalue weighted by Gasteiger charge is -2.29. The third-order valence-electron chi connectivity index (χ3n) is 7.56. The fourth-order valence-corrected chi connectivity index (χ4v) is 5.16. The van der Waals surface area contributed by atoms with Crippen LogP contribution < -0.4 is 4.74 Å². The zero-order valence-corrected chi connectivity index (χ0v) is 26.7. The third kappa shape index (κ3) is 11.7. The van der Waals surface area contributed by atoms with Gasteiger partial charge in [-0.3, -0.25) is 0 Å². The monoisotopic (exact) mass is 606 g/mol. The maximum absolute atomic E-state index is 13.5. The Morgan fingerprint density at radius 3 is 1.91 bits per heavy atom. The minimum Gasteiger partial charge on any atom is -0.462 e. The molecule has 0 aliphatic heterocycles. The van der Waals surface area contributed by atoms with E-state index in [9.17, 15) is 9.59 Å². The van der Waals surface area contributed by atoms with Crippen LogP contribution in [0, 0.1) is 0 Å². The highest BCUT2D eigenvalue weighted by Crippen LogP contribution is 2.31. The molecule has 0 atom stereocenters. The number of allylic oxidation sites excluding steroid dienone is 2. The second-order valence-corrected chi connectivity index (χ2v) is 10.9. The lowest BCUT2D eigenvalue weighted by atomic mass is 9.88. The van der Waals surface area contributed by atoms with Crippen molar-refractivity contribution in [1.82, 2.24) is 0 Å². The molecule has 7 heteroatoms. The quantitative estimate of drug-likeness (QED) is 0.0464. The molecule has 0 saturated carbocycles. The summed E-state index contributed by atoms with van der Waals surface area (Å²) in [4.78, 5) is 25.5. The van der Waals surface area contributed by atoms with Gasteiger partial charge >= 0.3 is 11.9 Å². The van der Waals surface area contributed by atoms with Crippen LogP contribution in [0.4, 0.5) is 0 Å². The minimum absolute atomic E-state index is 0.0498. The van der Waals surface area contributed by atoms with Crippen LogP contribution in [-0.4, -0.2) is 50.3 Å². The lowest BCUT2D eigenvalue weighted by Crippen LogP contribution is -2.42. The van der Waals surface area contributed by atoms with Crippen LogP contribution in [0.2, 0.25) is 0 Å². The number of esters is 2. The van der Waals surface area contributed by atoms with Crippen molar-refractivity contribution in [3.8, 4) is 5.75 Å². The van der Waals surface area contributed by atoms with E-state index in [0.29, 0.717) is 37.7 Å². The summed E-state index contributed by atoms with van der Waals surface area (Å²) in [6.45, 7) is 7.87. The van der Waals surface area contributed by atoms with E-state index < -0.39 is 17.5 Å². The minimum atomic E-state index is -1.31. The van der Waals surface area contributed by atoms with Crippen LogP contribution in [0.25, 0.3) is 0 Å². The van der Waals surface area contributed by atoms with Gasteiger partial charge < -0.3 is 23.7 Å². The lowest BCUT2D eigenvalue weighted by molar-refractivity contribution is -0.151. The number of hydrogen-bond donors (Lipinski definition) is 0. The fourth-order valence-electron chi connectivity index (χ4n) is 5.16. The van der Waals surface area contributed by atoms with Gasteiger partial charge in [0.15, 0.2) is 6.29 Å². The molecule has 0 spiro atoms. The first-order chi connectivity index (χ1) is 21.5. The van der Waals surface area contributed by atoms with Crippen molar-refractivity contribution in [3.05, 3.63) is 90.0 Å². The molecule has 0 radical (unpaired) electrons. The maximum Gasteiger partial charge on any atom is 0.351 e. The number of ether oxygens (including phenoxy) is 5. The van der Waals surface area contributed by atoms with Gasteiger partial charge in [-0.15, -0.1) is 0 Å². The van der Waals surface area contributed by atoms with Gasteiger partial charge in [0.2, 0.25) is 5.60 Å². The van der Waals surface area contributed by atoms with E-state index in [4.69, 9.17) is 23.7 Å². The van der Waals surface area contributed by atoms with Crippen molar-refractivity contribution >= 4 is 11.9 Å². The van der Waals surface area contributed by atoms with Gasteiger partial charge in [-0.05, 0) is 82.0 Å². The maximum atomic E-state index is 13.5. The largest absolute Gasteiger partial charge is 0.462 e. The second-order valence-electron chi connectivity index (χ2n) is 10.9. The highest BCUT2D eigenvalue weighted by atomic mass is 16.7. The normalized spacial score (nSPS) is 17.6. The van der Waals surface area contributed by atoms with E-state index >= 15 is 0 Å². The smallest absolute Gasteiger partial charge is 0.351 e. The first-order valence-electron chi connectivity index (χ1n) is 16.3. The number of benzene rings is 2. The molecule has 0 N–H and O–H groups in total. The van der Waals surface area contributed by atoms with Crippen molar-refractivity contribution in [1.29, 1.82) is 0 Å². The van der Waals surface area contributed by atoms with Gasteiger partial charge in [0.1, 0.15) is 5.75 Å². The predicted octanol–water partition coefficient (Wildman–Crippen LogP) is 8.34. The number of rotatable bonds is 21. The Bertz CT molecular complexity index is 1140. The zero-order chi connectivity index (χ0) is 31.5. The van der Waals surface area contributed by atoms with Gasteiger partial charge in [0, 0.05) is 25.7 Å². The molecule has 1 aliphatic rings. The molecule has 2 aromatic carbocycles. The van der Waals surface area contributed by atoms with Gasteiger partial charge in [-0.2, -0.15) is 0 Å². The Balaban J connectivity index is 1.47. The number of hydrogen-bond acceptors (Lipinski definition) is 7. The van der Waals surface area contributed by atoms with E-state index in [0.717, 1.165) is 37.7 Å². The molecule has 1 aliphatic carbocycles. The average Bonchev–Trinajstić information content (AvgIpc) is 3.05. The summed E-state index contributed by atoms with van der Waals surface area (Å²) in [6.07, 6.45) is 17.5. The van der Waals surface area contributed by atoms with Gasteiger partial charge in [0.05, 0.1) is 12.2 Å². The fraction of sp³-hybridized carbons (Fsp3) is 0.514. The third-order valence-corrected chi connectivity index (χ3v) is 7.56. The van der Waals surface area contributed by atoms with Gasteiger partial charge in [-0.1, -0.05) is 81.0 Å². The van der Waals surface area contributed by atoms with E-state index in [1.54, 1.807) is 31.2 Å². The predicted molar refractivity (Wildman–Crippen MR) is 173 cm³/mol. The molecule has 0 bridgehead atoms. The molecule has 0 saturated heterocycles. The van der Waals surface area contributed by atoms with Crippen molar-refractivity contribution in [2.75, 3.05) is 26.4 Å². The molecule has 7 nitrogen and oxygen atoms in total. The Kier molecular flexibility index (Phi) is 15.9. The summed E-state index contributed by atoms with van der Waals surface area (Å²) < 4.78 is 28.3. The van der Waals surface area contributed by atoms with Crippen LogP contribution in [0.5, 0.6) is 5.75 Å². The molecule has 0 heterocycles. The number of carbonyl (C=O) groups is 2. The molecule has 2 aromatic rings. The highest BCUT2D eigenvalue weighted by Gasteiger charge is 2.38. The highest BCUT2D eigenvalue weighted by molar-refractivity contribution is 5.90. The van der Waals surface area contributed by atoms with Crippen molar-refractivity contribution in [2.45, 2.75) is 96.4 Å². The van der Waals surface area contributed by atoms with Crippen molar-refractivity contribution in [3.63, 3.8) is 0 Å². The Labute approximate surface area is 263 Å². The molecule has 3 rings (SSSR count). The van der Waals surface area contributed by atoms with Crippen LogP contribution in [-0.2, 0) is 23.7 Å². The molecular weight excluding hydrogens is 556 g/mol. The molecular formula is C37H50O7. The van der Waals surface area contributed by atoms with Crippen LogP contribution >= 0.6 is 0 Å². The standard InChI is InChI=1S/C37H50O7/c1-4-40-34(41-5-2)20-16-11-9-7-8-10-12-17-29-43-37(27-25-31(26-28-37)30-18-14-13-15-19-30)36(39)44-33-23-21-32(22-24-33)35(38)42-6-3/h13-15,18-19,21-28,31,34H,4-12,16-17,20,29H2,1-3H3. The summed E-state index contributed by atoms with van der Waals surface area (Å²) in [5.41, 5.74) is 0.226. The summed E-state index contributed by atoms with van der Waals surface area (Å²) in [5.74, 6) is -0.544. The van der Waals surface area contributed by atoms with Crippen LogP contribution in [0.3, 0.4) is 0 Å². The molecule has 0 aromatic heterocycles. The first kappa shape index (κ1) is 35.2. The average molecular weight is 607 g/mol. The number of unbranched alkanes of at least 4 members (excludes halogenated alkanes) is 7. The summed E-state index contributed by atoms with van der Waals surface area (Å²) >= 11 is 0. The molecule has 0 fully saturated rings. The van der Waals surface area contributed by atoms with E-state index in [-0.39, 0.29) is 12.2 Å². The van der Waals surface area contributed by atoms with E-state index in [1.807, 2.05) is 56.4 Å². The van der Waals surface area contributed by atoms with Gasteiger partial charge in [-0.25, -0.2) is 9.59 Å². The van der Waals surface area contributed by atoms with Gasteiger partial charge in [0.25, 0.3) is 0 Å². The van der Waals surface area contributed by atoms with Crippen LogP contribution in [0.1, 0.15) is 100 Å². The molecule has 0 unspecified atom stereocenters. The van der Waals surface area contributed by atoms with E-state index in [2.05, 4.69) is 12.1 Å². The topological polar surface area (TPSA) is 80.3 Å². The Hall–Kier alpha value is -3.26. The van der Waals surface area contributed by atoms with Crippen LogP contribution in [0.15, 0.2) is 78.9 Å². The van der Waals surface area contributed by atoms with Crippen molar-refractivity contribution < 1.29 is 33.3 Å². The molecule has 240 valence electrons. The summed E-state index contributed by atoms with van der Waals surface area (Å²) in [7, 11) is 0. The summed E-state index contributed by atoms with van der Waals surface area (Å²) in [5, 5.41) is 0.